The third-order valence-electron chi connectivity index (χ3n) is 1.75. The molecule has 0 fully saturated rings. The minimum atomic E-state index is -2.80. The van der Waals surface area contributed by atoms with Gasteiger partial charge in [-0.2, -0.15) is 0 Å². The highest BCUT2D eigenvalue weighted by Crippen LogP contribution is 2.12. The second kappa shape index (κ2) is 7.03. The van der Waals surface area contributed by atoms with Crippen molar-refractivity contribution in [2.45, 2.75) is 39.2 Å². The average Bonchev–Trinajstić information content (AvgIpc) is 2.02. The topological polar surface area (TPSA) is 60.4 Å². The lowest BCUT2D eigenvalue weighted by Crippen LogP contribution is -2.14. The third-order valence-corrected chi connectivity index (χ3v) is 2.28. The van der Waals surface area contributed by atoms with Crippen molar-refractivity contribution in [1.29, 1.82) is 0 Å². The number of carbonyl (C=O) groups is 1. The van der Waals surface area contributed by atoms with Crippen LogP contribution in [-0.2, 0) is 20.0 Å². The minimum absolute atomic E-state index is 0.0880. The number of hydrogen-bond donors (Lipinski definition) is 1. The van der Waals surface area contributed by atoms with Gasteiger partial charge in [0.15, 0.2) is 0 Å². The summed E-state index contributed by atoms with van der Waals surface area (Å²) in [5.41, 5.74) is 0. The molecule has 0 N–H and O–H groups in total. The van der Waals surface area contributed by atoms with E-state index in [1.54, 1.807) is 6.92 Å². The zero-order valence-electron chi connectivity index (χ0n) is 7.93. The lowest BCUT2D eigenvalue weighted by atomic mass is 9.99. The van der Waals surface area contributed by atoms with Crippen LogP contribution >= 0.6 is 0 Å². The summed E-state index contributed by atoms with van der Waals surface area (Å²) >= 11 is 0. The Hall–Kier alpha value is -0.420. The smallest absolute Gasteiger partial charge is 0.257 e. The number of hydrogen-bond acceptors (Lipinski definition) is 4. The van der Waals surface area contributed by atoms with Gasteiger partial charge in [0, 0.05) is 5.92 Å². The van der Waals surface area contributed by atoms with E-state index >= 15 is 0 Å². The Balaban J connectivity index is 3.85. The molecule has 4 nitrogen and oxygen atoms in total. The summed E-state index contributed by atoms with van der Waals surface area (Å²) in [5, 5.41) is 0. The van der Waals surface area contributed by atoms with E-state index in [4.69, 9.17) is 0 Å². The highest BCUT2D eigenvalue weighted by Gasteiger charge is 2.12. The maximum absolute atomic E-state index is 10.5. The van der Waals surface area contributed by atoms with Gasteiger partial charge < -0.3 is 4.79 Å². The van der Waals surface area contributed by atoms with Crippen LogP contribution in [0.25, 0.3) is 0 Å². The number of carbonyl (C=O) groups excluding carboxylic acids is 1. The highest BCUT2D eigenvalue weighted by atomic mass is 32.2. The van der Waals surface area contributed by atoms with Crippen molar-refractivity contribution in [1.82, 2.24) is 0 Å². The van der Waals surface area contributed by atoms with Crippen molar-refractivity contribution in [3.05, 3.63) is 0 Å². The predicted molar refractivity (Wildman–Crippen MR) is 49.9 cm³/mol. The van der Waals surface area contributed by atoms with Gasteiger partial charge in [-0.1, -0.05) is 13.3 Å². The molecule has 0 saturated carbocycles. The minimum Gasteiger partial charge on any atom is -0.303 e. The van der Waals surface area contributed by atoms with Crippen molar-refractivity contribution in [2.24, 2.45) is 5.92 Å². The van der Waals surface area contributed by atoms with Crippen LogP contribution in [0.2, 0.25) is 0 Å². The number of rotatable bonds is 7. The van der Waals surface area contributed by atoms with E-state index in [2.05, 4.69) is 4.18 Å². The molecule has 0 aliphatic carbocycles. The van der Waals surface area contributed by atoms with Gasteiger partial charge in [-0.3, -0.25) is 4.18 Å². The van der Waals surface area contributed by atoms with Crippen LogP contribution < -0.4 is 0 Å². The third kappa shape index (κ3) is 6.72. The second-order valence-electron chi connectivity index (χ2n) is 3.06. The lowest BCUT2D eigenvalue weighted by molar-refractivity contribution is -0.112. The largest absolute Gasteiger partial charge is 0.303 e. The predicted octanol–water partition coefficient (Wildman–Crippen LogP) is 0.923. The summed E-state index contributed by atoms with van der Waals surface area (Å²) in [6, 6.07) is 0. The molecule has 5 heteroatoms. The second-order valence-corrected chi connectivity index (χ2v) is 3.72. The first-order valence-electron chi connectivity index (χ1n) is 4.36. The molecule has 2 unspecified atom stereocenters. The van der Waals surface area contributed by atoms with Gasteiger partial charge in [0.25, 0.3) is 11.0 Å². The first-order chi connectivity index (χ1) is 6.10. The maximum atomic E-state index is 10.5. The summed E-state index contributed by atoms with van der Waals surface area (Å²) in [5.74, 6) is -0.0880. The average molecular weight is 208 g/mol. The van der Waals surface area contributed by atoms with Crippen molar-refractivity contribution >= 4 is 17.3 Å². The Labute approximate surface area is 80.4 Å². The molecule has 0 aromatic heterocycles. The van der Waals surface area contributed by atoms with Gasteiger partial charge in [0.1, 0.15) is 6.29 Å². The molecule has 78 valence electrons. The van der Waals surface area contributed by atoms with Crippen molar-refractivity contribution in [3.8, 4) is 0 Å². The van der Waals surface area contributed by atoms with Crippen LogP contribution in [0.1, 0.15) is 33.1 Å². The fraction of sp³-hybridized carbons (Fsp3) is 0.875. The molecule has 0 aromatic rings. The summed E-state index contributed by atoms with van der Waals surface area (Å²) in [6.45, 7) is 3.63. The molecule has 0 aliphatic rings. The van der Waals surface area contributed by atoms with E-state index in [1.165, 1.54) is 0 Å². The molecule has 0 amide bonds. The fourth-order valence-electron chi connectivity index (χ4n) is 1.23. The Bertz CT molecular complexity index is 204. The van der Waals surface area contributed by atoms with E-state index in [0.717, 1.165) is 19.1 Å². The highest BCUT2D eigenvalue weighted by molar-refractivity contribution is 7.67. The molecular weight excluding hydrogens is 192 g/mol. The summed E-state index contributed by atoms with van der Waals surface area (Å²) < 4.78 is 24.9. The fourth-order valence-corrected chi connectivity index (χ4v) is 1.61. The van der Waals surface area contributed by atoms with Crippen molar-refractivity contribution in [3.63, 3.8) is 0 Å². The molecule has 0 radical (unpaired) electrons. The van der Waals surface area contributed by atoms with Gasteiger partial charge in [-0.15, -0.1) is 0 Å². The Morgan fingerprint density at radius 2 is 2.08 bits per heavy atom. The van der Waals surface area contributed by atoms with Gasteiger partial charge in [-0.25, -0.2) is 8.42 Å². The van der Waals surface area contributed by atoms with Crippen LogP contribution in [0.15, 0.2) is 0 Å². The van der Waals surface area contributed by atoms with Gasteiger partial charge in [-0.05, 0) is 19.8 Å². The molecule has 0 spiro atoms. The number of thiol groups is 1. The Morgan fingerprint density at radius 1 is 1.46 bits per heavy atom. The van der Waals surface area contributed by atoms with Crippen molar-refractivity contribution in [2.75, 3.05) is 0 Å². The van der Waals surface area contributed by atoms with Gasteiger partial charge in [0.2, 0.25) is 0 Å². The molecule has 13 heavy (non-hydrogen) atoms. The SMILES string of the molecule is CCCC(C=O)CC(C)O[SH](=O)=O. The summed E-state index contributed by atoms with van der Waals surface area (Å²) in [7, 11) is -2.80. The number of aldehydes is 1. The van der Waals surface area contributed by atoms with E-state index in [9.17, 15) is 13.2 Å². The normalized spacial score (nSPS) is 15.6. The molecule has 0 rings (SSSR count). The van der Waals surface area contributed by atoms with E-state index in [1.807, 2.05) is 6.92 Å². The first kappa shape index (κ1) is 12.6. The van der Waals surface area contributed by atoms with Crippen LogP contribution in [0.5, 0.6) is 0 Å². The zero-order valence-corrected chi connectivity index (χ0v) is 8.83. The Kier molecular flexibility index (Phi) is 6.80. The molecule has 0 saturated heterocycles. The summed E-state index contributed by atoms with van der Waals surface area (Å²) in [6.07, 6.45) is 2.64. The quantitative estimate of drug-likeness (QED) is 0.499. The maximum Gasteiger partial charge on any atom is 0.257 e. The van der Waals surface area contributed by atoms with Crippen LogP contribution in [0, 0.1) is 5.92 Å². The zero-order chi connectivity index (χ0) is 10.3. The lowest BCUT2D eigenvalue weighted by Gasteiger charge is -2.12. The van der Waals surface area contributed by atoms with Crippen LogP contribution in [-0.4, -0.2) is 20.8 Å². The summed E-state index contributed by atoms with van der Waals surface area (Å²) in [4.78, 5) is 10.5. The van der Waals surface area contributed by atoms with E-state index in [0.29, 0.717) is 6.42 Å². The van der Waals surface area contributed by atoms with Crippen molar-refractivity contribution < 1.29 is 17.4 Å². The van der Waals surface area contributed by atoms with E-state index < -0.39 is 17.1 Å². The molecular formula is C8H16O4S. The molecule has 0 aliphatic heterocycles. The van der Waals surface area contributed by atoms with Crippen LogP contribution in [0.3, 0.4) is 0 Å². The molecule has 2 atom stereocenters. The van der Waals surface area contributed by atoms with Gasteiger partial charge >= 0.3 is 0 Å². The molecule has 0 aromatic carbocycles. The van der Waals surface area contributed by atoms with Gasteiger partial charge in [0.05, 0.1) is 6.10 Å². The Morgan fingerprint density at radius 3 is 2.46 bits per heavy atom. The monoisotopic (exact) mass is 208 g/mol. The van der Waals surface area contributed by atoms with Crippen LogP contribution in [0.4, 0.5) is 0 Å². The first-order valence-corrected chi connectivity index (χ1v) is 5.46. The van der Waals surface area contributed by atoms with E-state index in [-0.39, 0.29) is 5.92 Å². The molecule has 0 bridgehead atoms. The molecule has 0 heterocycles. The standard InChI is InChI=1S/C8H16O4S/c1-3-4-8(6-9)5-7(2)12-13(10)11/h6-8,13H,3-5H2,1-2H3.